The van der Waals surface area contributed by atoms with Crippen LogP contribution in [0.3, 0.4) is 0 Å². The third kappa shape index (κ3) is 3.92. The molecule has 0 bridgehead atoms. The molecule has 17 heavy (non-hydrogen) atoms. The van der Waals surface area contributed by atoms with Crippen molar-refractivity contribution in [2.24, 2.45) is 0 Å². The van der Waals surface area contributed by atoms with Crippen LogP contribution in [0.25, 0.3) is 0 Å². The predicted molar refractivity (Wildman–Crippen MR) is 67.6 cm³/mol. The van der Waals surface area contributed by atoms with E-state index >= 15 is 0 Å². The van der Waals surface area contributed by atoms with Crippen LogP contribution in [0.5, 0.6) is 0 Å². The van der Waals surface area contributed by atoms with Crippen molar-refractivity contribution in [3.05, 3.63) is 34.4 Å². The van der Waals surface area contributed by atoms with Crippen molar-refractivity contribution in [1.29, 1.82) is 5.26 Å². The molecule has 0 saturated heterocycles. The zero-order chi connectivity index (χ0) is 12.8. The topological polar surface area (TPSA) is 52.9 Å². The molecule has 0 heterocycles. The van der Waals surface area contributed by atoms with Crippen molar-refractivity contribution in [3.63, 3.8) is 0 Å². The van der Waals surface area contributed by atoms with Crippen LogP contribution < -0.4 is 5.32 Å². The molecule has 1 aromatic rings. The Morgan fingerprint density at radius 3 is 2.41 bits per heavy atom. The normalized spacial score (nSPS) is 9.76. The molecule has 0 aliphatic heterocycles. The summed E-state index contributed by atoms with van der Waals surface area (Å²) < 4.78 is 0. The minimum absolute atomic E-state index is 0.0636. The summed E-state index contributed by atoms with van der Waals surface area (Å²) in [5, 5.41) is 11.1. The molecule has 0 aliphatic rings. The summed E-state index contributed by atoms with van der Waals surface area (Å²) in [6, 6.07) is 6.14. The lowest BCUT2D eigenvalue weighted by Crippen LogP contribution is -2.25. The number of amides is 1. The fourth-order valence-electron chi connectivity index (χ4n) is 2.07. The van der Waals surface area contributed by atoms with Crippen molar-refractivity contribution < 1.29 is 4.79 Å². The van der Waals surface area contributed by atoms with E-state index in [2.05, 4.69) is 38.2 Å². The van der Waals surface area contributed by atoms with Crippen LogP contribution in [-0.4, -0.2) is 12.5 Å². The number of carbonyl (C=O) groups is 1. The third-order valence-electron chi connectivity index (χ3n) is 2.78. The van der Waals surface area contributed by atoms with Gasteiger partial charge in [0.15, 0.2) is 0 Å². The summed E-state index contributed by atoms with van der Waals surface area (Å²) in [7, 11) is 0. The molecule has 0 aromatic heterocycles. The SMILES string of the molecule is Cc1cc(C)c(CCNC(=O)CC#N)c(C)c1. The highest BCUT2D eigenvalue weighted by molar-refractivity contribution is 5.77. The highest BCUT2D eigenvalue weighted by Crippen LogP contribution is 2.16. The maximum atomic E-state index is 11.1. The molecule has 0 radical (unpaired) electrons. The van der Waals surface area contributed by atoms with Gasteiger partial charge in [-0.25, -0.2) is 0 Å². The Labute approximate surface area is 102 Å². The van der Waals surface area contributed by atoms with Gasteiger partial charge in [0.05, 0.1) is 6.07 Å². The monoisotopic (exact) mass is 230 g/mol. The molecule has 0 saturated carbocycles. The summed E-state index contributed by atoms with van der Waals surface area (Å²) in [5.74, 6) is -0.199. The Morgan fingerprint density at radius 2 is 1.88 bits per heavy atom. The smallest absolute Gasteiger partial charge is 0.234 e. The molecule has 1 aromatic carbocycles. The van der Waals surface area contributed by atoms with E-state index in [-0.39, 0.29) is 12.3 Å². The molecule has 3 nitrogen and oxygen atoms in total. The Kier molecular flexibility index (Phi) is 4.71. The second-order valence-electron chi connectivity index (χ2n) is 4.31. The standard InChI is InChI=1S/C14H18N2O/c1-10-8-11(2)13(12(3)9-10)5-7-16-14(17)4-6-15/h8-9H,4-5,7H2,1-3H3,(H,16,17). The quantitative estimate of drug-likeness (QED) is 0.862. The molecule has 1 N–H and O–H groups in total. The van der Waals surface area contributed by atoms with E-state index < -0.39 is 0 Å². The zero-order valence-electron chi connectivity index (χ0n) is 10.6. The average Bonchev–Trinajstić information content (AvgIpc) is 2.22. The van der Waals surface area contributed by atoms with Gasteiger partial charge in [-0.3, -0.25) is 4.79 Å². The summed E-state index contributed by atoms with van der Waals surface area (Å²) in [6.07, 6.45) is 0.751. The van der Waals surface area contributed by atoms with Gasteiger partial charge in [0.1, 0.15) is 6.42 Å². The van der Waals surface area contributed by atoms with E-state index in [9.17, 15) is 4.79 Å². The summed E-state index contributed by atoms with van der Waals surface area (Å²) in [5.41, 5.74) is 5.07. The van der Waals surface area contributed by atoms with Gasteiger partial charge in [-0.2, -0.15) is 5.26 Å². The maximum absolute atomic E-state index is 11.1. The van der Waals surface area contributed by atoms with Crippen molar-refractivity contribution in [2.45, 2.75) is 33.6 Å². The fourth-order valence-corrected chi connectivity index (χ4v) is 2.07. The van der Waals surface area contributed by atoms with E-state index in [0.29, 0.717) is 6.54 Å². The molecule has 90 valence electrons. The van der Waals surface area contributed by atoms with Gasteiger partial charge in [-0.15, -0.1) is 0 Å². The van der Waals surface area contributed by atoms with Crippen molar-refractivity contribution >= 4 is 5.91 Å². The number of hydrogen-bond donors (Lipinski definition) is 1. The van der Waals surface area contributed by atoms with Gasteiger partial charge in [-0.1, -0.05) is 17.7 Å². The van der Waals surface area contributed by atoms with Crippen LogP contribution >= 0.6 is 0 Å². The minimum atomic E-state index is -0.199. The first-order valence-electron chi connectivity index (χ1n) is 5.75. The van der Waals surface area contributed by atoms with Gasteiger partial charge in [-0.05, 0) is 43.9 Å². The summed E-state index contributed by atoms with van der Waals surface area (Å²) in [6.45, 7) is 6.85. The van der Waals surface area contributed by atoms with E-state index in [1.165, 1.54) is 22.3 Å². The molecule has 0 fully saturated rings. The van der Waals surface area contributed by atoms with Crippen molar-refractivity contribution in [2.75, 3.05) is 6.54 Å². The van der Waals surface area contributed by atoms with Crippen molar-refractivity contribution in [3.8, 4) is 6.07 Å². The number of nitrogens with zero attached hydrogens (tertiary/aromatic N) is 1. The third-order valence-corrected chi connectivity index (χ3v) is 2.78. The average molecular weight is 230 g/mol. The zero-order valence-corrected chi connectivity index (χ0v) is 10.6. The highest BCUT2D eigenvalue weighted by Gasteiger charge is 2.05. The van der Waals surface area contributed by atoms with Crippen LogP contribution in [0.1, 0.15) is 28.7 Å². The summed E-state index contributed by atoms with van der Waals surface area (Å²) in [4.78, 5) is 11.1. The first-order chi connectivity index (χ1) is 8.04. The molecule has 0 unspecified atom stereocenters. The molecule has 0 aliphatic carbocycles. The van der Waals surface area contributed by atoms with Gasteiger partial charge in [0, 0.05) is 6.54 Å². The van der Waals surface area contributed by atoms with Gasteiger partial charge < -0.3 is 5.32 Å². The van der Waals surface area contributed by atoms with Crippen molar-refractivity contribution in [1.82, 2.24) is 5.32 Å². The molecular weight excluding hydrogens is 212 g/mol. The van der Waals surface area contributed by atoms with Crippen LogP contribution in [0.4, 0.5) is 0 Å². The van der Waals surface area contributed by atoms with E-state index in [1.807, 2.05) is 6.07 Å². The number of nitrogens with one attached hydrogen (secondary N) is 1. The van der Waals surface area contributed by atoms with Crippen LogP contribution in [0.2, 0.25) is 0 Å². The van der Waals surface area contributed by atoms with E-state index in [4.69, 9.17) is 5.26 Å². The number of aryl methyl sites for hydroxylation is 3. The molecule has 1 amide bonds. The van der Waals surface area contributed by atoms with Crippen LogP contribution in [0, 0.1) is 32.1 Å². The first kappa shape index (κ1) is 13.2. The van der Waals surface area contributed by atoms with Crippen LogP contribution in [-0.2, 0) is 11.2 Å². The maximum Gasteiger partial charge on any atom is 0.234 e. The number of rotatable bonds is 4. The summed E-state index contributed by atoms with van der Waals surface area (Å²) >= 11 is 0. The Balaban J connectivity index is 2.59. The fraction of sp³-hybridized carbons (Fsp3) is 0.429. The van der Waals surface area contributed by atoms with E-state index in [0.717, 1.165) is 6.42 Å². The molecule has 0 atom stereocenters. The number of nitriles is 1. The first-order valence-corrected chi connectivity index (χ1v) is 5.75. The minimum Gasteiger partial charge on any atom is -0.355 e. The predicted octanol–water partition coefficient (Wildman–Crippen LogP) is 2.18. The van der Waals surface area contributed by atoms with E-state index in [1.54, 1.807) is 0 Å². The molecule has 0 spiro atoms. The lowest BCUT2D eigenvalue weighted by Gasteiger charge is -2.11. The van der Waals surface area contributed by atoms with Crippen LogP contribution in [0.15, 0.2) is 12.1 Å². The Morgan fingerprint density at radius 1 is 1.29 bits per heavy atom. The second kappa shape index (κ2) is 6.05. The largest absolute Gasteiger partial charge is 0.355 e. The van der Waals surface area contributed by atoms with Gasteiger partial charge >= 0.3 is 0 Å². The Hall–Kier alpha value is -1.82. The number of hydrogen-bond acceptors (Lipinski definition) is 2. The Bertz CT molecular complexity index is 435. The molecule has 3 heteroatoms. The molecule has 1 rings (SSSR count). The number of carbonyl (C=O) groups excluding carboxylic acids is 1. The molecular formula is C14H18N2O. The lowest BCUT2D eigenvalue weighted by molar-refractivity contribution is -0.120. The lowest BCUT2D eigenvalue weighted by atomic mass is 9.97. The van der Waals surface area contributed by atoms with Gasteiger partial charge in [0.2, 0.25) is 5.91 Å². The van der Waals surface area contributed by atoms with Gasteiger partial charge in [0.25, 0.3) is 0 Å². The second-order valence-corrected chi connectivity index (χ2v) is 4.31. The number of benzene rings is 1. The highest BCUT2D eigenvalue weighted by atomic mass is 16.1.